The first-order valence-electron chi connectivity index (χ1n) is 6.15. The number of amides is 1. The molecule has 0 spiro atoms. The number of nitrogens with one attached hydrogen (secondary N) is 1. The summed E-state index contributed by atoms with van der Waals surface area (Å²) in [6.07, 6.45) is 1.10. The Hall–Kier alpha value is -2.21. The van der Waals surface area contributed by atoms with Gasteiger partial charge in [-0.05, 0) is 48.9 Å². The van der Waals surface area contributed by atoms with Crippen molar-refractivity contribution in [3.05, 3.63) is 59.4 Å². The van der Waals surface area contributed by atoms with Gasteiger partial charge in [-0.3, -0.25) is 4.79 Å². The zero-order valence-corrected chi connectivity index (χ0v) is 12.4. The predicted molar refractivity (Wildman–Crippen MR) is 78.6 cm³/mol. The molecular weight excluding hydrogens is 293 g/mol. The van der Waals surface area contributed by atoms with Gasteiger partial charge in [-0.15, -0.1) is 0 Å². The maximum absolute atomic E-state index is 13.7. The van der Waals surface area contributed by atoms with Crippen molar-refractivity contribution in [2.75, 3.05) is 11.6 Å². The molecular formula is C15H14FNO3S. The van der Waals surface area contributed by atoms with Crippen molar-refractivity contribution in [1.29, 1.82) is 0 Å². The lowest BCUT2D eigenvalue weighted by Crippen LogP contribution is -2.14. The Balaban J connectivity index is 2.20. The van der Waals surface area contributed by atoms with Gasteiger partial charge in [0.2, 0.25) is 0 Å². The number of hydrogen-bond donors (Lipinski definition) is 1. The van der Waals surface area contributed by atoms with Crippen LogP contribution in [-0.2, 0) is 9.84 Å². The number of hydrogen-bond acceptors (Lipinski definition) is 3. The topological polar surface area (TPSA) is 63.2 Å². The molecule has 110 valence electrons. The summed E-state index contributed by atoms with van der Waals surface area (Å²) in [5.74, 6) is -1.18. The Morgan fingerprint density at radius 3 is 2.24 bits per heavy atom. The summed E-state index contributed by atoms with van der Waals surface area (Å²) in [6.45, 7) is 1.73. The van der Waals surface area contributed by atoms with Crippen LogP contribution < -0.4 is 5.32 Å². The molecule has 0 fully saturated rings. The fraction of sp³-hybridized carbons (Fsp3) is 0.133. The minimum absolute atomic E-state index is 0.0622. The quantitative estimate of drug-likeness (QED) is 0.948. The highest BCUT2D eigenvalue weighted by Gasteiger charge is 2.12. The molecule has 0 atom stereocenters. The summed E-state index contributed by atoms with van der Waals surface area (Å²) < 4.78 is 36.3. The molecule has 1 amide bonds. The molecule has 0 aromatic heterocycles. The first-order chi connectivity index (χ1) is 9.77. The molecule has 0 radical (unpaired) electrons. The van der Waals surface area contributed by atoms with Crippen LogP contribution in [0.2, 0.25) is 0 Å². The molecule has 2 aromatic rings. The predicted octanol–water partition coefficient (Wildman–Crippen LogP) is 2.79. The maximum atomic E-state index is 13.7. The summed E-state index contributed by atoms with van der Waals surface area (Å²) in [4.78, 5) is 12.1. The molecule has 0 saturated carbocycles. The number of carbonyl (C=O) groups excluding carboxylic acids is 1. The van der Waals surface area contributed by atoms with E-state index in [2.05, 4.69) is 5.32 Å². The number of sulfone groups is 1. The molecule has 0 bridgehead atoms. The third-order valence-electron chi connectivity index (χ3n) is 2.91. The molecule has 0 aliphatic rings. The first kappa shape index (κ1) is 15.2. The lowest BCUT2D eigenvalue weighted by Gasteiger charge is -2.07. The zero-order valence-electron chi connectivity index (χ0n) is 11.6. The van der Waals surface area contributed by atoms with Crippen molar-refractivity contribution in [3.63, 3.8) is 0 Å². The molecule has 0 unspecified atom stereocenters. The minimum atomic E-state index is -3.28. The van der Waals surface area contributed by atoms with Gasteiger partial charge < -0.3 is 5.32 Å². The van der Waals surface area contributed by atoms with Crippen molar-refractivity contribution in [2.45, 2.75) is 11.8 Å². The zero-order chi connectivity index (χ0) is 15.6. The van der Waals surface area contributed by atoms with E-state index in [4.69, 9.17) is 0 Å². The van der Waals surface area contributed by atoms with Crippen LogP contribution in [0.3, 0.4) is 0 Å². The van der Waals surface area contributed by atoms with Crippen LogP contribution in [0.5, 0.6) is 0 Å². The molecule has 0 saturated heterocycles. The average Bonchev–Trinajstić information content (AvgIpc) is 2.38. The van der Waals surface area contributed by atoms with E-state index >= 15 is 0 Å². The summed E-state index contributed by atoms with van der Waals surface area (Å²) in [6, 6.07) is 10.0. The van der Waals surface area contributed by atoms with Crippen molar-refractivity contribution in [2.24, 2.45) is 0 Å². The molecule has 6 heteroatoms. The molecule has 0 heterocycles. The van der Waals surface area contributed by atoms with E-state index in [1.807, 2.05) is 0 Å². The van der Waals surface area contributed by atoms with E-state index in [9.17, 15) is 17.6 Å². The standard InChI is InChI=1S/C15H14FNO3S/c1-10-3-8-13(14(16)9-10)15(18)17-11-4-6-12(7-5-11)21(2,19)20/h3-9H,1-2H3,(H,17,18). The third kappa shape index (κ3) is 3.66. The second-order valence-corrected chi connectivity index (χ2v) is 6.75. The van der Waals surface area contributed by atoms with Gasteiger partial charge in [0.05, 0.1) is 10.5 Å². The number of aryl methyl sites for hydroxylation is 1. The Bertz CT molecular complexity index is 783. The van der Waals surface area contributed by atoms with E-state index in [0.717, 1.165) is 11.8 Å². The van der Waals surface area contributed by atoms with Gasteiger partial charge in [-0.25, -0.2) is 12.8 Å². The van der Waals surface area contributed by atoms with E-state index < -0.39 is 21.6 Å². The van der Waals surface area contributed by atoms with Crippen LogP contribution in [0.25, 0.3) is 0 Å². The van der Waals surface area contributed by atoms with Crippen LogP contribution >= 0.6 is 0 Å². The fourth-order valence-electron chi connectivity index (χ4n) is 1.79. The number of carbonyl (C=O) groups is 1. The van der Waals surface area contributed by atoms with Crippen LogP contribution in [0, 0.1) is 12.7 Å². The summed E-state index contributed by atoms with van der Waals surface area (Å²) >= 11 is 0. The second kappa shape index (κ2) is 5.65. The van der Waals surface area contributed by atoms with Crippen LogP contribution in [0.1, 0.15) is 15.9 Å². The molecule has 1 N–H and O–H groups in total. The van der Waals surface area contributed by atoms with E-state index in [-0.39, 0.29) is 10.5 Å². The lowest BCUT2D eigenvalue weighted by atomic mass is 10.1. The van der Waals surface area contributed by atoms with Gasteiger partial charge in [-0.2, -0.15) is 0 Å². The van der Waals surface area contributed by atoms with Gasteiger partial charge in [0, 0.05) is 11.9 Å². The van der Waals surface area contributed by atoms with E-state index in [1.165, 1.54) is 36.4 Å². The molecule has 21 heavy (non-hydrogen) atoms. The fourth-order valence-corrected chi connectivity index (χ4v) is 2.42. The van der Waals surface area contributed by atoms with E-state index in [0.29, 0.717) is 5.69 Å². The average molecular weight is 307 g/mol. The van der Waals surface area contributed by atoms with Gasteiger partial charge >= 0.3 is 0 Å². The van der Waals surface area contributed by atoms with E-state index in [1.54, 1.807) is 13.0 Å². The highest BCUT2D eigenvalue weighted by atomic mass is 32.2. The van der Waals surface area contributed by atoms with Gasteiger partial charge in [0.1, 0.15) is 5.82 Å². The smallest absolute Gasteiger partial charge is 0.258 e. The maximum Gasteiger partial charge on any atom is 0.258 e. The molecule has 0 aliphatic heterocycles. The third-order valence-corrected chi connectivity index (χ3v) is 4.04. The first-order valence-corrected chi connectivity index (χ1v) is 8.04. The second-order valence-electron chi connectivity index (χ2n) is 4.73. The van der Waals surface area contributed by atoms with Crippen molar-refractivity contribution < 1.29 is 17.6 Å². The van der Waals surface area contributed by atoms with Crippen molar-refractivity contribution in [3.8, 4) is 0 Å². The molecule has 2 rings (SSSR count). The summed E-state index contributed by atoms with van der Waals surface area (Å²) in [5, 5.41) is 2.52. The Morgan fingerprint density at radius 2 is 1.71 bits per heavy atom. The normalized spacial score (nSPS) is 11.2. The van der Waals surface area contributed by atoms with Gasteiger partial charge in [0.15, 0.2) is 9.84 Å². The lowest BCUT2D eigenvalue weighted by molar-refractivity contribution is 0.102. The number of benzene rings is 2. The Labute approximate surface area is 122 Å². The van der Waals surface area contributed by atoms with Crippen molar-refractivity contribution in [1.82, 2.24) is 0 Å². The van der Waals surface area contributed by atoms with Crippen LogP contribution in [0.15, 0.2) is 47.4 Å². The van der Waals surface area contributed by atoms with Crippen molar-refractivity contribution >= 4 is 21.4 Å². The largest absolute Gasteiger partial charge is 0.322 e. The SMILES string of the molecule is Cc1ccc(C(=O)Nc2ccc(S(C)(=O)=O)cc2)c(F)c1. The highest BCUT2D eigenvalue weighted by molar-refractivity contribution is 7.90. The van der Waals surface area contributed by atoms with Gasteiger partial charge in [0.25, 0.3) is 5.91 Å². The van der Waals surface area contributed by atoms with Crippen LogP contribution in [-0.4, -0.2) is 20.6 Å². The van der Waals surface area contributed by atoms with Gasteiger partial charge in [-0.1, -0.05) is 6.07 Å². The summed E-state index contributed by atoms with van der Waals surface area (Å²) in [7, 11) is -3.28. The molecule has 0 aliphatic carbocycles. The number of anilines is 1. The number of rotatable bonds is 3. The Morgan fingerprint density at radius 1 is 1.10 bits per heavy atom. The number of halogens is 1. The van der Waals surface area contributed by atoms with Crippen LogP contribution in [0.4, 0.5) is 10.1 Å². The minimum Gasteiger partial charge on any atom is -0.322 e. The molecule has 2 aromatic carbocycles. The monoisotopic (exact) mass is 307 g/mol. The molecule has 4 nitrogen and oxygen atoms in total. The summed E-state index contributed by atoms with van der Waals surface area (Å²) in [5.41, 5.74) is 1.06. The Kier molecular flexibility index (Phi) is 4.09. The highest BCUT2D eigenvalue weighted by Crippen LogP contribution is 2.16.